The second-order valence-electron chi connectivity index (χ2n) is 2.99. The quantitative estimate of drug-likeness (QED) is 0.486. The van der Waals surface area contributed by atoms with Crippen molar-refractivity contribution >= 4 is 17.3 Å². The minimum atomic E-state index is 0.614. The molecule has 0 saturated carbocycles. The van der Waals surface area contributed by atoms with E-state index >= 15 is 0 Å². The Hall–Kier alpha value is -1.14. The van der Waals surface area contributed by atoms with Crippen LogP contribution in [0.3, 0.4) is 0 Å². The van der Waals surface area contributed by atoms with Gasteiger partial charge in [0, 0.05) is 32.7 Å². The third kappa shape index (κ3) is 5.34. The molecule has 0 fully saturated rings. The van der Waals surface area contributed by atoms with Crippen LogP contribution in [-0.2, 0) is 11.3 Å². The van der Waals surface area contributed by atoms with Gasteiger partial charge in [0.2, 0.25) is 0 Å². The van der Waals surface area contributed by atoms with E-state index < -0.39 is 0 Å². The Bertz CT molecular complexity index is 276. The average Bonchev–Trinajstić information content (AvgIpc) is 2.74. The first kappa shape index (κ1) is 11.9. The number of aromatic nitrogens is 2. The van der Waals surface area contributed by atoms with Gasteiger partial charge in [-0.2, -0.15) is 0 Å². The van der Waals surface area contributed by atoms with Crippen LogP contribution in [0.1, 0.15) is 12.2 Å². The van der Waals surface area contributed by atoms with Gasteiger partial charge in [-0.3, -0.25) is 0 Å². The lowest BCUT2D eigenvalue weighted by Gasteiger charge is -2.08. The van der Waals surface area contributed by atoms with Gasteiger partial charge in [-0.1, -0.05) is 0 Å². The second kappa shape index (κ2) is 7.19. The lowest BCUT2D eigenvalue weighted by Crippen LogP contribution is -2.35. The first-order valence-electron chi connectivity index (χ1n) is 4.82. The van der Waals surface area contributed by atoms with Crippen molar-refractivity contribution in [2.45, 2.75) is 13.0 Å². The van der Waals surface area contributed by atoms with Crippen molar-refractivity contribution in [3.8, 4) is 0 Å². The SMILES string of the molecule is COCCCNC(=S)NCc1ncc[nH]1. The van der Waals surface area contributed by atoms with Gasteiger partial charge in [0.05, 0.1) is 6.54 Å². The summed E-state index contributed by atoms with van der Waals surface area (Å²) in [5, 5.41) is 6.77. The number of thiocarbonyl (C=S) groups is 1. The smallest absolute Gasteiger partial charge is 0.166 e. The Labute approximate surface area is 94.6 Å². The molecule has 0 unspecified atom stereocenters. The highest BCUT2D eigenvalue weighted by Gasteiger charge is 1.96. The zero-order chi connectivity index (χ0) is 10.9. The van der Waals surface area contributed by atoms with Gasteiger partial charge in [-0.25, -0.2) is 4.98 Å². The van der Waals surface area contributed by atoms with Gasteiger partial charge < -0.3 is 20.4 Å². The molecule has 0 bridgehead atoms. The Morgan fingerprint density at radius 1 is 1.60 bits per heavy atom. The molecule has 0 aromatic carbocycles. The third-order valence-electron chi connectivity index (χ3n) is 1.78. The highest BCUT2D eigenvalue weighted by atomic mass is 32.1. The van der Waals surface area contributed by atoms with Crippen LogP contribution >= 0.6 is 12.2 Å². The maximum atomic E-state index is 5.07. The monoisotopic (exact) mass is 228 g/mol. The van der Waals surface area contributed by atoms with E-state index in [0.29, 0.717) is 11.7 Å². The predicted molar refractivity (Wildman–Crippen MR) is 62.5 cm³/mol. The fourth-order valence-electron chi connectivity index (χ4n) is 1.04. The van der Waals surface area contributed by atoms with Gasteiger partial charge in [-0.05, 0) is 18.6 Å². The summed E-state index contributed by atoms with van der Waals surface area (Å²) in [6.45, 7) is 2.18. The van der Waals surface area contributed by atoms with Crippen LogP contribution < -0.4 is 10.6 Å². The van der Waals surface area contributed by atoms with Crippen molar-refractivity contribution in [2.24, 2.45) is 0 Å². The fourth-order valence-corrected chi connectivity index (χ4v) is 1.21. The highest BCUT2D eigenvalue weighted by Crippen LogP contribution is 1.86. The predicted octanol–water partition coefficient (Wildman–Crippen LogP) is 0.410. The van der Waals surface area contributed by atoms with E-state index in [0.717, 1.165) is 25.4 Å². The van der Waals surface area contributed by atoms with Crippen LogP contribution in [0.15, 0.2) is 12.4 Å². The molecule has 0 radical (unpaired) electrons. The van der Waals surface area contributed by atoms with E-state index in [-0.39, 0.29) is 0 Å². The van der Waals surface area contributed by atoms with E-state index in [4.69, 9.17) is 17.0 Å². The van der Waals surface area contributed by atoms with Gasteiger partial charge in [0.15, 0.2) is 5.11 Å². The number of H-pyrrole nitrogens is 1. The van der Waals surface area contributed by atoms with Crippen LogP contribution in [0.4, 0.5) is 0 Å². The lowest BCUT2D eigenvalue weighted by molar-refractivity contribution is 0.195. The van der Waals surface area contributed by atoms with Crippen LogP contribution in [0.2, 0.25) is 0 Å². The minimum Gasteiger partial charge on any atom is -0.385 e. The van der Waals surface area contributed by atoms with Crippen molar-refractivity contribution < 1.29 is 4.74 Å². The number of nitrogens with one attached hydrogen (secondary N) is 3. The van der Waals surface area contributed by atoms with E-state index in [1.165, 1.54) is 0 Å². The van der Waals surface area contributed by atoms with Gasteiger partial charge in [0.25, 0.3) is 0 Å². The summed E-state index contributed by atoms with van der Waals surface area (Å²) >= 11 is 5.07. The molecule has 1 aromatic heterocycles. The molecular formula is C9H16N4OS. The van der Waals surface area contributed by atoms with Crippen LogP contribution in [0, 0.1) is 0 Å². The zero-order valence-corrected chi connectivity index (χ0v) is 9.56. The molecule has 0 amide bonds. The summed E-state index contributed by atoms with van der Waals surface area (Å²) in [6, 6.07) is 0. The third-order valence-corrected chi connectivity index (χ3v) is 2.07. The molecule has 3 N–H and O–H groups in total. The van der Waals surface area contributed by atoms with Crippen molar-refractivity contribution in [2.75, 3.05) is 20.3 Å². The molecule has 84 valence electrons. The molecule has 1 heterocycles. The number of nitrogens with zero attached hydrogens (tertiary/aromatic N) is 1. The second-order valence-corrected chi connectivity index (χ2v) is 3.40. The number of rotatable bonds is 6. The Morgan fingerprint density at radius 3 is 3.13 bits per heavy atom. The molecule has 0 atom stereocenters. The van der Waals surface area contributed by atoms with Crippen molar-refractivity contribution in [3.63, 3.8) is 0 Å². The number of ether oxygens (including phenoxy) is 1. The summed E-state index contributed by atoms with van der Waals surface area (Å²) in [5.41, 5.74) is 0. The van der Waals surface area contributed by atoms with Gasteiger partial charge >= 0.3 is 0 Å². The van der Waals surface area contributed by atoms with Crippen molar-refractivity contribution in [3.05, 3.63) is 18.2 Å². The molecule has 5 nitrogen and oxygen atoms in total. The summed E-state index contributed by atoms with van der Waals surface area (Å²) in [4.78, 5) is 7.06. The molecule has 0 spiro atoms. The minimum absolute atomic E-state index is 0.614. The molecule has 15 heavy (non-hydrogen) atoms. The maximum Gasteiger partial charge on any atom is 0.166 e. The number of hydrogen-bond donors (Lipinski definition) is 3. The molecular weight excluding hydrogens is 212 g/mol. The van der Waals surface area contributed by atoms with E-state index in [1.54, 1.807) is 19.5 Å². The van der Waals surface area contributed by atoms with Crippen molar-refractivity contribution in [1.29, 1.82) is 0 Å². The number of hydrogen-bond acceptors (Lipinski definition) is 3. The van der Waals surface area contributed by atoms with Gasteiger partial charge in [-0.15, -0.1) is 0 Å². The van der Waals surface area contributed by atoms with Crippen LogP contribution in [0.25, 0.3) is 0 Å². The Balaban J connectivity index is 2.04. The molecule has 0 aliphatic heterocycles. The topological polar surface area (TPSA) is 62.0 Å². The zero-order valence-electron chi connectivity index (χ0n) is 8.75. The summed E-state index contributed by atoms with van der Waals surface area (Å²) in [5.74, 6) is 0.871. The fraction of sp³-hybridized carbons (Fsp3) is 0.556. The number of aromatic amines is 1. The first-order chi connectivity index (χ1) is 7.33. The molecule has 0 aliphatic carbocycles. The molecule has 0 aliphatic rings. The lowest BCUT2D eigenvalue weighted by atomic mass is 10.4. The molecule has 6 heteroatoms. The van der Waals surface area contributed by atoms with E-state index in [9.17, 15) is 0 Å². The molecule has 0 saturated heterocycles. The summed E-state index contributed by atoms with van der Waals surface area (Å²) in [6.07, 6.45) is 4.44. The van der Waals surface area contributed by atoms with Gasteiger partial charge in [0.1, 0.15) is 5.82 Å². The Morgan fingerprint density at radius 2 is 2.47 bits per heavy atom. The first-order valence-corrected chi connectivity index (χ1v) is 5.22. The summed E-state index contributed by atoms with van der Waals surface area (Å²) < 4.78 is 4.92. The maximum absolute atomic E-state index is 5.07. The van der Waals surface area contributed by atoms with Crippen LogP contribution in [-0.4, -0.2) is 35.3 Å². The normalized spacial score (nSPS) is 9.93. The van der Waals surface area contributed by atoms with E-state index in [2.05, 4.69) is 20.6 Å². The van der Waals surface area contributed by atoms with E-state index in [1.807, 2.05) is 0 Å². The highest BCUT2D eigenvalue weighted by molar-refractivity contribution is 7.80. The molecule has 1 aromatic rings. The standard InChI is InChI=1S/C9H16N4OS/c1-14-6-2-3-12-9(15)13-7-8-10-4-5-11-8/h4-5H,2-3,6-7H2,1H3,(H,10,11)(H2,12,13,15). The largest absolute Gasteiger partial charge is 0.385 e. The number of methoxy groups -OCH3 is 1. The summed E-state index contributed by atoms with van der Waals surface area (Å²) in [7, 11) is 1.69. The number of imidazole rings is 1. The van der Waals surface area contributed by atoms with Crippen LogP contribution in [0.5, 0.6) is 0 Å². The molecule has 1 rings (SSSR count). The average molecular weight is 228 g/mol. The Kier molecular flexibility index (Phi) is 5.72. The van der Waals surface area contributed by atoms with Crippen molar-refractivity contribution in [1.82, 2.24) is 20.6 Å².